The summed E-state index contributed by atoms with van der Waals surface area (Å²) in [5, 5.41) is 32.6. The van der Waals surface area contributed by atoms with Crippen LogP contribution in [0.1, 0.15) is 46.0 Å². The van der Waals surface area contributed by atoms with Crippen LogP contribution in [0.3, 0.4) is 0 Å². The maximum absolute atomic E-state index is 13.2. The highest BCUT2D eigenvalue weighted by atomic mass is 32.2. The summed E-state index contributed by atoms with van der Waals surface area (Å²) in [6.45, 7) is 1.60. The van der Waals surface area contributed by atoms with Crippen molar-refractivity contribution in [1.82, 2.24) is 31.9 Å². The molecule has 0 radical (unpaired) electrons. The van der Waals surface area contributed by atoms with Crippen LogP contribution in [-0.2, 0) is 43.2 Å². The van der Waals surface area contributed by atoms with Crippen molar-refractivity contribution in [3.05, 3.63) is 0 Å². The zero-order valence-corrected chi connectivity index (χ0v) is 29.8. The Morgan fingerprint density at radius 1 is 0.731 bits per heavy atom. The van der Waals surface area contributed by atoms with Crippen LogP contribution in [0.15, 0.2) is 4.99 Å². The number of carboxylic acid groups (broad SMARTS) is 1. The van der Waals surface area contributed by atoms with Gasteiger partial charge in [-0.1, -0.05) is 0 Å². The van der Waals surface area contributed by atoms with Gasteiger partial charge in [-0.15, -0.1) is 0 Å². The van der Waals surface area contributed by atoms with Crippen molar-refractivity contribution < 1.29 is 53.4 Å². The lowest BCUT2D eigenvalue weighted by Crippen LogP contribution is -2.59. The lowest BCUT2D eigenvalue weighted by atomic mass is 10.1. The molecule has 294 valence electrons. The van der Waals surface area contributed by atoms with Crippen LogP contribution in [0.5, 0.6) is 0 Å². The first-order valence-electron chi connectivity index (χ1n) is 15.8. The standard InChI is InChI=1S/C28H50N12O11S/c1-12(23(47)39-16(22(31)46)10-20(44)45)36-26(50)17(9-18(30)42)37-19(43)11-35-27(51)21(13(2)41)40-25(49)15(5-4-7-34-28(32)33)38-24(48)14(29)6-8-52-3/h12-17,21,41H,4-11,29H2,1-3H3,(H2,30,42)(H2,31,46)(H,35,51)(H,36,50)(H,37,43)(H,38,48)(H,39,47)(H,40,49)(H,44,45)(H4,32,33,34)/t12-,13+,14-,15-,16-,17-,21-/m0/s1. The molecule has 0 aliphatic rings. The third kappa shape index (κ3) is 19.2. The van der Waals surface area contributed by atoms with E-state index in [4.69, 9.17) is 33.8 Å². The number of thioether (sulfide) groups is 1. The first-order chi connectivity index (χ1) is 24.2. The lowest BCUT2D eigenvalue weighted by molar-refractivity contribution is -0.140. The van der Waals surface area contributed by atoms with E-state index in [0.717, 1.165) is 6.92 Å². The number of aliphatic hydroxyl groups excluding tert-OH is 1. The zero-order valence-electron chi connectivity index (χ0n) is 29.0. The summed E-state index contributed by atoms with van der Waals surface area (Å²) in [6.07, 6.45) is -0.723. The molecular formula is C28H50N12O11S. The Bertz CT molecular complexity index is 1330. The van der Waals surface area contributed by atoms with Gasteiger partial charge in [-0.3, -0.25) is 48.1 Å². The zero-order chi connectivity index (χ0) is 40.1. The number of amides is 8. The van der Waals surface area contributed by atoms with Gasteiger partial charge in [0.15, 0.2) is 5.96 Å². The third-order valence-electron chi connectivity index (χ3n) is 6.88. The van der Waals surface area contributed by atoms with Crippen molar-refractivity contribution in [3.63, 3.8) is 0 Å². The normalized spacial score (nSPS) is 14.7. The minimum Gasteiger partial charge on any atom is -0.481 e. The SMILES string of the molecule is CSCC[C@H](N)C(=O)N[C@@H](CCCN=C(N)N)C(=O)N[C@H](C(=O)NCC(=O)N[C@@H](CC(N)=O)C(=O)N[C@@H](C)C(=O)N[C@@H](CC(=O)O)C(N)=O)[C@@H](C)O. The monoisotopic (exact) mass is 762 g/mol. The van der Waals surface area contributed by atoms with Crippen molar-refractivity contribution in [1.29, 1.82) is 0 Å². The van der Waals surface area contributed by atoms with Gasteiger partial charge in [0, 0.05) is 6.54 Å². The molecule has 18 N–H and O–H groups in total. The first-order valence-corrected chi connectivity index (χ1v) is 17.1. The number of nitrogens with two attached hydrogens (primary N) is 5. The van der Waals surface area contributed by atoms with E-state index in [-0.39, 0.29) is 25.3 Å². The second-order valence-electron chi connectivity index (χ2n) is 11.4. The molecule has 0 heterocycles. The number of carbonyl (C=O) groups is 9. The van der Waals surface area contributed by atoms with E-state index in [1.807, 2.05) is 6.26 Å². The van der Waals surface area contributed by atoms with Gasteiger partial charge in [-0.05, 0) is 45.1 Å². The Morgan fingerprint density at radius 3 is 1.85 bits per heavy atom. The second-order valence-corrected chi connectivity index (χ2v) is 12.4. The number of aliphatic hydroxyl groups is 1. The molecule has 52 heavy (non-hydrogen) atoms. The molecule has 23 nitrogen and oxygen atoms in total. The van der Waals surface area contributed by atoms with Crippen molar-refractivity contribution >= 4 is 70.9 Å². The number of nitrogens with one attached hydrogen (secondary N) is 6. The van der Waals surface area contributed by atoms with Gasteiger partial charge in [-0.2, -0.15) is 11.8 Å². The summed E-state index contributed by atoms with van der Waals surface area (Å²) in [6, 6.07) is -8.49. The number of aliphatic imine (C=N–C) groups is 1. The maximum atomic E-state index is 13.2. The van der Waals surface area contributed by atoms with E-state index >= 15 is 0 Å². The number of carboxylic acids is 1. The predicted octanol–water partition coefficient (Wildman–Crippen LogP) is -7.10. The fraction of sp³-hybridized carbons (Fsp3) is 0.643. The van der Waals surface area contributed by atoms with Crippen molar-refractivity contribution in [2.24, 2.45) is 33.7 Å². The van der Waals surface area contributed by atoms with Crippen LogP contribution in [0.25, 0.3) is 0 Å². The molecule has 8 amide bonds. The maximum Gasteiger partial charge on any atom is 0.305 e. The molecule has 0 saturated carbocycles. The summed E-state index contributed by atoms with van der Waals surface area (Å²) < 4.78 is 0. The number of hydrogen-bond acceptors (Lipinski definition) is 13. The molecule has 24 heteroatoms. The van der Waals surface area contributed by atoms with Gasteiger partial charge in [-0.25, -0.2) is 0 Å². The smallest absolute Gasteiger partial charge is 0.305 e. The Labute approximate surface area is 303 Å². The quantitative estimate of drug-likeness (QED) is 0.0233. The minimum atomic E-state index is -1.67. The van der Waals surface area contributed by atoms with Crippen LogP contribution in [-0.4, -0.2) is 137 Å². The number of primary amides is 2. The molecular weight excluding hydrogens is 712 g/mol. The summed E-state index contributed by atoms with van der Waals surface area (Å²) in [7, 11) is 0. The molecule has 0 aliphatic heterocycles. The van der Waals surface area contributed by atoms with Crippen LogP contribution in [0.2, 0.25) is 0 Å². The molecule has 0 unspecified atom stereocenters. The Kier molecular flexibility index (Phi) is 21.6. The highest BCUT2D eigenvalue weighted by Crippen LogP contribution is 2.05. The fourth-order valence-corrected chi connectivity index (χ4v) is 4.58. The number of nitrogens with zero attached hydrogens (tertiary/aromatic N) is 1. The van der Waals surface area contributed by atoms with Gasteiger partial charge in [0.2, 0.25) is 47.3 Å². The van der Waals surface area contributed by atoms with Crippen LogP contribution >= 0.6 is 11.8 Å². The molecule has 0 aliphatic carbocycles. The Hall–Kier alpha value is -5.23. The first kappa shape index (κ1) is 46.8. The Balaban J connectivity index is 5.59. The number of rotatable bonds is 25. The number of guanidine groups is 1. The van der Waals surface area contributed by atoms with Crippen molar-refractivity contribution in [2.45, 2.75) is 88.3 Å². The van der Waals surface area contributed by atoms with E-state index in [1.54, 1.807) is 0 Å². The van der Waals surface area contributed by atoms with Crippen LogP contribution in [0, 0.1) is 0 Å². The summed E-state index contributed by atoms with van der Waals surface area (Å²) in [4.78, 5) is 115. The highest BCUT2D eigenvalue weighted by Gasteiger charge is 2.32. The van der Waals surface area contributed by atoms with Gasteiger partial charge < -0.3 is 70.8 Å². The van der Waals surface area contributed by atoms with Crippen LogP contribution < -0.4 is 60.6 Å². The topological polar surface area (TPSA) is 409 Å². The summed E-state index contributed by atoms with van der Waals surface area (Å²) >= 11 is 1.47. The minimum absolute atomic E-state index is 0.0117. The lowest BCUT2D eigenvalue weighted by Gasteiger charge is -2.25. The largest absolute Gasteiger partial charge is 0.481 e. The molecule has 0 aromatic carbocycles. The van der Waals surface area contributed by atoms with Gasteiger partial charge in [0.05, 0.1) is 31.5 Å². The summed E-state index contributed by atoms with van der Waals surface area (Å²) in [5.74, 6) is -8.95. The molecule has 0 aromatic heterocycles. The van der Waals surface area contributed by atoms with Gasteiger partial charge in [0.1, 0.15) is 30.2 Å². The van der Waals surface area contributed by atoms with E-state index in [0.29, 0.717) is 12.2 Å². The Morgan fingerprint density at radius 2 is 1.33 bits per heavy atom. The predicted molar refractivity (Wildman–Crippen MR) is 186 cm³/mol. The van der Waals surface area contributed by atoms with Crippen molar-refractivity contribution in [3.8, 4) is 0 Å². The van der Waals surface area contributed by atoms with E-state index < -0.39 is 115 Å². The molecule has 0 fully saturated rings. The average Bonchev–Trinajstić information content (AvgIpc) is 3.04. The van der Waals surface area contributed by atoms with E-state index in [1.165, 1.54) is 18.7 Å². The number of hydrogen-bond donors (Lipinski definition) is 13. The third-order valence-corrected chi connectivity index (χ3v) is 7.53. The molecule has 7 atom stereocenters. The second kappa shape index (κ2) is 24.0. The van der Waals surface area contributed by atoms with E-state index in [9.17, 15) is 48.3 Å². The van der Waals surface area contributed by atoms with Crippen molar-refractivity contribution in [2.75, 3.05) is 25.1 Å². The highest BCUT2D eigenvalue weighted by molar-refractivity contribution is 7.98. The van der Waals surface area contributed by atoms with Gasteiger partial charge in [0.25, 0.3) is 0 Å². The average molecular weight is 763 g/mol. The summed E-state index contributed by atoms with van der Waals surface area (Å²) in [5.41, 5.74) is 26.8. The van der Waals surface area contributed by atoms with E-state index in [2.05, 4.69) is 36.9 Å². The number of aliphatic carboxylic acids is 1. The van der Waals surface area contributed by atoms with Gasteiger partial charge >= 0.3 is 5.97 Å². The molecule has 0 saturated heterocycles. The van der Waals surface area contributed by atoms with Crippen LogP contribution in [0.4, 0.5) is 0 Å². The molecule has 0 spiro atoms. The fourth-order valence-electron chi connectivity index (χ4n) is 4.09. The molecule has 0 rings (SSSR count). The molecule has 0 bridgehead atoms. The number of carbonyl (C=O) groups excluding carboxylic acids is 8. The molecule has 0 aromatic rings.